The Morgan fingerprint density at radius 1 is 0.413 bits per heavy atom. The smallest absolute Gasteiger partial charge is 0.311 e. The third kappa shape index (κ3) is 20.4. The van der Waals surface area contributed by atoms with Crippen LogP contribution in [0.3, 0.4) is 0 Å². The van der Waals surface area contributed by atoms with Gasteiger partial charge in [-0.05, 0) is 114 Å². The van der Waals surface area contributed by atoms with E-state index in [1.165, 1.54) is 65.2 Å². The first-order valence-electron chi connectivity index (χ1n) is 30.0. The number of quaternary nitrogens is 2. The number of rotatable bonds is 29. The van der Waals surface area contributed by atoms with Gasteiger partial charge in [-0.2, -0.15) is 0 Å². The van der Waals surface area contributed by atoms with Gasteiger partial charge >= 0.3 is 17.9 Å². The van der Waals surface area contributed by atoms with Crippen molar-refractivity contribution in [2.75, 3.05) is 117 Å². The monoisotopic (exact) mass is 1310 g/mol. The first-order chi connectivity index (χ1) is 44.0. The van der Waals surface area contributed by atoms with E-state index in [9.17, 15) is 40.3 Å². The number of hydrogen-bond donors (Lipinski definition) is 0. The van der Waals surface area contributed by atoms with E-state index in [2.05, 4.69) is 44.4 Å². The summed E-state index contributed by atoms with van der Waals surface area (Å²) in [5.41, 5.74) is 6.85. The minimum Gasteiger partial charge on any atom is -0.744 e. The molecular weight excluding hydrogens is 1230 g/mol. The van der Waals surface area contributed by atoms with Crippen LogP contribution < -0.4 is 37.9 Å². The van der Waals surface area contributed by atoms with Crippen molar-refractivity contribution in [2.45, 2.75) is 86.1 Å². The van der Waals surface area contributed by atoms with Crippen LogP contribution in [0, 0.1) is 0 Å². The lowest BCUT2D eigenvalue weighted by Crippen LogP contribution is -2.53. The number of likely N-dealkylation sites (N-methyl/N-ethyl adjacent to an activating group) is 2. The highest BCUT2D eigenvalue weighted by atomic mass is 32.2. The summed E-state index contributed by atoms with van der Waals surface area (Å²) >= 11 is 0. The Morgan fingerprint density at radius 3 is 1.08 bits per heavy atom. The molecular formula is C68H86N2O20S2. The molecule has 2 aliphatic heterocycles. The Balaban J connectivity index is 0.000000567. The molecule has 0 saturated heterocycles. The van der Waals surface area contributed by atoms with Crippen LogP contribution in [0.4, 0.5) is 0 Å². The Labute approximate surface area is 540 Å². The van der Waals surface area contributed by atoms with Gasteiger partial charge in [0.25, 0.3) is 0 Å². The third-order valence-corrected chi connectivity index (χ3v) is 18.4. The van der Waals surface area contributed by atoms with Gasteiger partial charge in [0, 0.05) is 36.8 Å². The van der Waals surface area contributed by atoms with Crippen LogP contribution in [0.5, 0.6) is 46.0 Å². The summed E-state index contributed by atoms with van der Waals surface area (Å²) in [5, 5.41) is 0. The summed E-state index contributed by atoms with van der Waals surface area (Å²) in [7, 11) is 8.92. The van der Waals surface area contributed by atoms with Crippen LogP contribution in [0.15, 0.2) is 131 Å². The van der Waals surface area contributed by atoms with Crippen molar-refractivity contribution in [1.29, 1.82) is 0 Å². The van der Waals surface area contributed by atoms with Gasteiger partial charge in [-0.15, -0.1) is 0 Å². The molecule has 0 spiro atoms. The van der Waals surface area contributed by atoms with Gasteiger partial charge in [-0.3, -0.25) is 14.4 Å². The minimum absolute atomic E-state index is 0.0112. The second kappa shape index (κ2) is 34.5. The van der Waals surface area contributed by atoms with Crippen molar-refractivity contribution >= 4 is 38.1 Å². The van der Waals surface area contributed by atoms with Gasteiger partial charge in [-0.1, -0.05) is 48.5 Å². The highest BCUT2D eigenvalue weighted by Gasteiger charge is 2.42. The molecule has 0 radical (unpaired) electrons. The molecule has 500 valence electrons. The fourth-order valence-corrected chi connectivity index (χ4v) is 12.4. The average molecular weight is 1320 g/mol. The normalized spacial score (nSPS) is 17.3. The molecule has 8 rings (SSSR count). The van der Waals surface area contributed by atoms with Crippen molar-refractivity contribution in [3.8, 4) is 46.0 Å². The Morgan fingerprint density at radius 2 is 0.739 bits per heavy atom. The number of unbranched alkanes of at least 4 members (excludes halogenated alkanes) is 2. The van der Waals surface area contributed by atoms with Gasteiger partial charge in [0.05, 0.1) is 139 Å². The average Bonchev–Trinajstić information content (AvgIpc) is 0.770. The number of ether oxygens (including phenoxy) is 11. The minimum atomic E-state index is -4.25. The van der Waals surface area contributed by atoms with Gasteiger partial charge in [0.1, 0.15) is 38.9 Å². The maximum Gasteiger partial charge on any atom is 0.311 e. The maximum atomic E-state index is 13.1. The van der Waals surface area contributed by atoms with Crippen LogP contribution in [-0.2, 0) is 74.5 Å². The number of benzene rings is 6. The molecule has 0 saturated carbocycles. The highest BCUT2D eigenvalue weighted by molar-refractivity contribution is 7.86. The lowest BCUT2D eigenvalue weighted by atomic mass is 9.86. The van der Waals surface area contributed by atoms with E-state index in [0.29, 0.717) is 100 Å². The van der Waals surface area contributed by atoms with Crippen LogP contribution in [0.2, 0.25) is 0 Å². The molecule has 0 amide bonds. The van der Waals surface area contributed by atoms with E-state index in [1.54, 1.807) is 69.0 Å². The molecule has 6 aromatic carbocycles. The second-order valence-corrected chi connectivity index (χ2v) is 25.2. The number of carbonyl (C=O) groups excluding carboxylic acids is 3. The van der Waals surface area contributed by atoms with Gasteiger partial charge < -0.3 is 70.2 Å². The zero-order valence-corrected chi connectivity index (χ0v) is 55.7. The number of esters is 3. The summed E-state index contributed by atoms with van der Waals surface area (Å²) in [6.45, 7) is 3.22. The van der Waals surface area contributed by atoms with Crippen molar-refractivity contribution in [3.63, 3.8) is 0 Å². The topological polar surface area (TPSA) is 267 Å². The van der Waals surface area contributed by atoms with E-state index < -0.39 is 26.2 Å². The van der Waals surface area contributed by atoms with Crippen molar-refractivity contribution < 1.29 is 101 Å². The number of hydrogen-bond acceptors (Lipinski definition) is 20. The van der Waals surface area contributed by atoms with E-state index >= 15 is 0 Å². The number of methoxy groups -OCH3 is 8. The molecule has 6 aromatic rings. The van der Waals surface area contributed by atoms with E-state index in [-0.39, 0.29) is 72.9 Å². The first kappa shape index (κ1) is 72.9. The molecule has 0 bridgehead atoms. The van der Waals surface area contributed by atoms with Crippen LogP contribution in [0.25, 0.3) is 0 Å². The molecule has 2 heterocycles. The fraction of sp³-hybridized carbons (Fsp3) is 0.426. The fourth-order valence-electron chi connectivity index (χ4n) is 11.4. The lowest BCUT2D eigenvalue weighted by molar-refractivity contribution is -0.940. The van der Waals surface area contributed by atoms with Gasteiger partial charge in [0.15, 0.2) is 46.0 Å². The van der Waals surface area contributed by atoms with Crippen LogP contribution in [0.1, 0.15) is 84.0 Å². The molecule has 0 unspecified atom stereocenters. The number of nitrogens with zero attached hydrogens (tertiary/aromatic N) is 2. The highest BCUT2D eigenvalue weighted by Crippen LogP contribution is 2.45. The quantitative estimate of drug-likeness (QED) is 0.0139. The summed E-state index contributed by atoms with van der Waals surface area (Å²) < 4.78 is 124. The largest absolute Gasteiger partial charge is 0.744 e. The van der Waals surface area contributed by atoms with E-state index in [1.807, 2.05) is 30.3 Å². The Hall–Kier alpha value is -8.13. The summed E-state index contributed by atoms with van der Waals surface area (Å²) in [5.74, 6) is 4.30. The van der Waals surface area contributed by atoms with E-state index in [4.69, 9.17) is 52.1 Å². The molecule has 4 atom stereocenters. The van der Waals surface area contributed by atoms with Crippen molar-refractivity contribution in [1.82, 2.24) is 0 Å². The summed E-state index contributed by atoms with van der Waals surface area (Å²) in [6, 6.07) is 34.6. The Bertz CT molecular complexity index is 3560. The van der Waals surface area contributed by atoms with Crippen LogP contribution >= 0.6 is 0 Å². The SMILES string of the molecule is COc1ccc(C[C@@H]2c3cc(OC)c(OC)cc3CC[N@+]2(C)CCC(=O)OCCCCCOC(=O)CCOC(=O)CC[N@@+]2(C)CCc3cc(OC)c(OC)cc3[C@H]2Cc2ccc(OC)c(OC)c2)cc1OC.O=S(=O)([O-])c1ccccc1.O=S(=O)([O-])c1ccccc1. The maximum absolute atomic E-state index is 13.1. The Kier molecular flexibility index (Phi) is 27.4. The van der Waals surface area contributed by atoms with Crippen LogP contribution in [-0.4, -0.2) is 170 Å². The molecule has 24 heteroatoms. The van der Waals surface area contributed by atoms with Gasteiger partial charge in [0.2, 0.25) is 0 Å². The predicted octanol–water partition coefficient (Wildman–Crippen LogP) is 9.18. The third-order valence-electron chi connectivity index (χ3n) is 16.7. The molecule has 0 fully saturated rings. The van der Waals surface area contributed by atoms with Gasteiger partial charge in [-0.25, -0.2) is 16.8 Å². The number of carbonyl (C=O) groups is 3. The molecule has 0 aromatic heterocycles. The number of fused-ring (bicyclic) bond motifs is 2. The summed E-state index contributed by atoms with van der Waals surface area (Å²) in [4.78, 5) is 38.4. The van der Waals surface area contributed by atoms with Crippen molar-refractivity contribution in [3.05, 3.63) is 155 Å². The lowest BCUT2D eigenvalue weighted by Gasteiger charge is -2.46. The zero-order chi connectivity index (χ0) is 67.1. The molecule has 92 heavy (non-hydrogen) atoms. The summed E-state index contributed by atoms with van der Waals surface area (Å²) in [6.07, 6.45) is 5.40. The molecule has 2 aliphatic rings. The zero-order valence-electron chi connectivity index (χ0n) is 54.1. The second-order valence-electron chi connectivity index (χ2n) is 22.5. The van der Waals surface area contributed by atoms with E-state index in [0.717, 1.165) is 42.6 Å². The van der Waals surface area contributed by atoms with Crippen molar-refractivity contribution in [2.24, 2.45) is 0 Å². The standard InChI is InChI=1S/C56H76N2O14.2C6H6O3S/c1-57(23-18-40-34-50(66-7)52(68-9)36-42(40)44(57)30-38-14-16-46(62-3)48(32-38)64-5)25-20-54(59)70-27-12-11-13-28-71-56(61)22-29-72-55(60)21-26-58(2)24-19-41-35-51(67-8)53(69-10)37-43(41)45(58)31-39-15-17-47(63-4)49(33-39)65-6;2*7-10(8,9)6-4-2-1-3-5-6/h14-17,32-37,44-45H,11-13,18-31H2,1-10H3;2*1-5H,(H,7,8,9)/q+2;;/p-2/t44-,45-,57-,58-;;/m1../s1. The molecule has 0 aliphatic carbocycles. The molecule has 0 N–H and O–H groups in total. The first-order valence-corrected chi connectivity index (χ1v) is 32.9. The molecule has 22 nitrogen and oxygen atoms in total. The predicted molar refractivity (Wildman–Crippen MR) is 340 cm³/mol.